The van der Waals surface area contributed by atoms with Gasteiger partial charge in [-0.25, -0.2) is 58.6 Å². The van der Waals surface area contributed by atoms with Crippen LogP contribution < -0.4 is 31.6 Å². The number of nitrogens with one attached hydrogen (secondary N) is 2. The Labute approximate surface area is 643 Å². The van der Waals surface area contributed by atoms with Crippen molar-refractivity contribution in [3.05, 3.63) is 248 Å². The summed E-state index contributed by atoms with van der Waals surface area (Å²) >= 11 is 9.27. The molecule has 0 saturated carbocycles. The van der Waals surface area contributed by atoms with Crippen molar-refractivity contribution in [3.8, 4) is 92.6 Å². The summed E-state index contributed by atoms with van der Waals surface area (Å²) < 4.78 is 55.4. The Balaban J connectivity index is 0.000000115. The van der Waals surface area contributed by atoms with Crippen molar-refractivity contribution in [2.75, 3.05) is 38.9 Å². The van der Waals surface area contributed by atoms with Gasteiger partial charge in [0.25, 0.3) is 0 Å². The summed E-state index contributed by atoms with van der Waals surface area (Å²) in [7, 11) is 6.86. The molecule has 109 heavy (non-hydrogen) atoms. The lowest BCUT2D eigenvalue weighted by Crippen LogP contribution is -1.98. The normalized spacial score (nSPS) is 10.8. The van der Waals surface area contributed by atoms with E-state index in [0.29, 0.717) is 35.6 Å². The Hall–Kier alpha value is -12.5. The fourth-order valence-corrected chi connectivity index (χ4v) is 15.9. The number of nitriles is 1. The number of rotatable bonds is 12. The number of pyridine rings is 5. The molecule has 542 valence electrons. The van der Waals surface area contributed by atoms with Crippen molar-refractivity contribution < 1.29 is 32.9 Å². The van der Waals surface area contributed by atoms with E-state index < -0.39 is 5.95 Å². The number of hydrogen-bond acceptors (Lipinski definition) is 28. The van der Waals surface area contributed by atoms with E-state index in [-0.39, 0.29) is 23.1 Å². The maximum atomic E-state index is 13.1. The molecule has 0 atom stereocenters. The summed E-state index contributed by atoms with van der Waals surface area (Å²) in [6.07, 6.45) is 13.4. The number of nitrogens with two attached hydrogens (primary N) is 2. The first-order valence-electron chi connectivity index (χ1n) is 32.7. The van der Waals surface area contributed by atoms with Crippen LogP contribution in [0.5, 0.6) is 23.0 Å². The molecule has 0 unspecified atom stereocenters. The fourth-order valence-electron chi connectivity index (χ4n) is 10.2. The van der Waals surface area contributed by atoms with Crippen molar-refractivity contribution in [1.29, 1.82) is 5.26 Å². The van der Waals surface area contributed by atoms with Crippen molar-refractivity contribution >= 4 is 141 Å². The van der Waals surface area contributed by atoms with E-state index in [1.807, 2.05) is 98.0 Å². The lowest BCUT2D eigenvalue weighted by atomic mass is 10.2. The number of anilines is 2. The summed E-state index contributed by atoms with van der Waals surface area (Å²) in [6.45, 7) is 0.867. The topological polar surface area (TPSA) is 326 Å². The van der Waals surface area contributed by atoms with Gasteiger partial charge in [-0.3, -0.25) is 15.0 Å². The first kappa shape index (κ1) is 74.8. The molecule has 0 fully saturated rings. The smallest absolute Gasteiger partial charge is 0.222 e. The average molecular weight is 1560 g/mol. The molecule has 0 radical (unpaired) electrons. The Kier molecular flexibility index (Phi) is 23.9. The Morgan fingerprint density at radius 3 is 1.40 bits per heavy atom. The number of hydrogen-bond donors (Lipinski definition) is 6. The third-order valence-electron chi connectivity index (χ3n) is 15.7. The first-order valence-corrected chi connectivity index (χ1v) is 37.6. The van der Waals surface area contributed by atoms with E-state index in [2.05, 4.69) is 81.5 Å². The minimum absolute atomic E-state index is 0.223. The standard InChI is InChI=1S/C14H9N3OS.2C13H10FN3S.C13H9FN2OS.C13H11N3OS.C12H10N4OS/c1-18-10-2-3-13-12(6-10)17-14(19-13)11-4-5-16-8-9(11)7-15;14-9-2-4-12-11(5-9)17-13(18-12)10-3-1-8(6-15)7-16-10;14-9-1-2-12-11(6-9)17-13(18-12)8-3-4-16-10(5-8)7-15;1-17-9-3-4-11-10(6-9)16-13(18-11)8-2-5-12(14)15-7-8;1-14-12-5-2-8(7-15-12)13-16-10-6-9(17)3-4-11(10)18-13;1-13-12-14-5-7(6-15-12)11-16-9-4-8(17)2-3-10(9)18-11/h2-6,8H,1H3;1-5,7H,6,15H2;1-6H,7,15H2;2-7H,1H3;2-7,17H,1H3,(H,14,15);2-6,17H,1H3,(H,13,14,15). The van der Waals surface area contributed by atoms with Crippen LogP contribution in [0.3, 0.4) is 0 Å². The molecule has 0 saturated heterocycles. The van der Waals surface area contributed by atoms with Crippen LogP contribution in [0, 0.1) is 28.9 Å². The zero-order chi connectivity index (χ0) is 75.9. The molecule has 12 heterocycles. The zero-order valence-electron chi connectivity index (χ0n) is 57.8. The summed E-state index contributed by atoms with van der Waals surface area (Å²) in [5.41, 5.74) is 23.3. The SMILES string of the molecule is CNc1ccc(-c2nc3cc(O)ccc3s2)cn1.CNc1ncc(-c2nc3cc(O)ccc3s2)cn1.COc1ccc2sc(-c3ccc(F)nc3)nc2c1.COc1ccc2sc(-c3ccncc3C#N)nc2c1.NCc1cc(-c2nc3cc(F)ccc3s2)ccn1.NCc1ccc(-c2nc3cc(F)ccc3s2)nc1. The van der Waals surface area contributed by atoms with Crippen LogP contribution in [0.15, 0.2) is 213 Å². The average Bonchev–Trinajstić information content (AvgIpc) is 1.70. The van der Waals surface area contributed by atoms with E-state index in [9.17, 15) is 23.4 Å². The van der Waals surface area contributed by atoms with Crippen molar-refractivity contribution in [3.63, 3.8) is 0 Å². The van der Waals surface area contributed by atoms with Gasteiger partial charge in [0.05, 0.1) is 92.5 Å². The second-order valence-corrected chi connectivity index (χ2v) is 29.1. The van der Waals surface area contributed by atoms with E-state index in [1.54, 1.807) is 152 Å². The van der Waals surface area contributed by atoms with Crippen molar-refractivity contribution in [2.24, 2.45) is 11.5 Å². The van der Waals surface area contributed by atoms with Gasteiger partial charge in [-0.2, -0.15) is 9.65 Å². The number of ether oxygens (including phenoxy) is 2. The zero-order valence-corrected chi connectivity index (χ0v) is 62.7. The van der Waals surface area contributed by atoms with Gasteiger partial charge in [0, 0.05) is 141 Å². The molecule has 0 aliphatic carbocycles. The lowest BCUT2D eigenvalue weighted by molar-refractivity contribution is 0.415. The molecule has 18 rings (SSSR count). The monoisotopic (exact) mass is 1560 g/mol. The van der Waals surface area contributed by atoms with Crippen LogP contribution in [0.2, 0.25) is 0 Å². The molecule has 0 spiro atoms. The second-order valence-electron chi connectivity index (χ2n) is 22.9. The number of phenolic OH excluding ortho intramolecular Hbond substituents is 2. The molecule has 0 amide bonds. The summed E-state index contributed by atoms with van der Waals surface area (Å²) in [4.78, 5) is 55.5. The molecule has 0 bridgehead atoms. The Morgan fingerprint density at radius 1 is 0.422 bits per heavy atom. The van der Waals surface area contributed by atoms with Gasteiger partial charge >= 0.3 is 0 Å². The van der Waals surface area contributed by atoms with Gasteiger partial charge in [0.15, 0.2) is 0 Å². The second kappa shape index (κ2) is 34.8. The lowest BCUT2D eigenvalue weighted by Gasteiger charge is -1.99. The maximum absolute atomic E-state index is 13.1. The highest BCUT2D eigenvalue weighted by Gasteiger charge is 2.15. The molecule has 22 nitrogen and oxygen atoms in total. The number of benzene rings is 6. The van der Waals surface area contributed by atoms with Crippen LogP contribution in [0.4, 0.5) is 24.9 Å². The van der Waals surface area contributed by atoms with E-state index in [1.165, 1.54) is 59.2 Å². The van der Waals surface area contributed by atoms with Crippen molar-refractivity contribution in [1.82, 2.24) is 64.8 Å². The van der Waals surface area contributed by atoms with E-state index in [0.717, 1.165) is 142 Å². The van der Waals surface area contributed by atoms with Crippen LogP contribution in [-0.2, 0) is 13.1 Å². The van der Waals surface area contributed by atoms with Gasteiger partial charge in [-0.15, -0.1) is 68.0 Å². The number of aromatic nitrogens is 13. The molecule has 8 N–H and O–H groups in total. The van der Waals surface area contributed by atoms with Crippen LogP contribution >= 0.6 is 68.0 Å². The maximum Gasteiger partial charge on any atom is 0.222 e. The number of nitrogens with zero attached hydrogens (tertiary/aromatic N) is 14. The number of methoxy groups -OCH3 is 2. The Morgan fingerprint density at radius 2 is 0.908 bits per heavy atom. The largest absolute Gasteiger partial charge is 0.508 e. The minimum atomic E-state index is -0.485. The van der Waals surface area contributed by atoms with Crippen LogP contribution in [-0.4, -0.2) is 103 Å². The number of halogens is 3. The van der Waals surface area contributed by atoms with Gasteiger partial charge in [0.1, 0.15) is 76.6 Å². The number of thiazole rings is 6. The number of phenols is 2. The highest BCUT2D eigenvalue weighted by Crippen LogP contribution is 2.38. The van der Waals surface area contributed by atoms with Gasteiger partial charge < -0.3 is 41.8 Å². The van der Waals surface area contributed by atoms with E-state index in [4.69, 9.17) is 26.2 Å². The molecule has 6 aromatic carbocycles. The third-order valence-corrected chi connectivity index (χ3v) is 22.2. The molecule has 31 heteroatoms. The molecule has 0 aliphatic heterocycles. The van der Waals surface area contributed by atoms with Crippen LogP contribution in [0.1, 0.15) is 16.8 Å². The quantitative estimate of drug-likeness (QED) is 0.0619. The fraction of sp³-hybridized carbons (Fsp3) is 0.0769. The summed E-state index contributed by atoms with van der Waals surface area (Å²) in [5, 5.41) is 38.8. The molecule has 18 aromatic rings. The molecule has 12 aromatic heterocycles. The molecule has 0 aliphatic rings. The first-order chi connectivity index (χ1) is 53.1. The third kappa shape index (κ3) is 18.5. The van der Waals surface area contributed by atoms with Crippen molar-refractivity contribution in [2.45, 2.75) is 13.1 Å². The minimum Gasteiger partial charge on any atom is -0.508 e. The van der Waals surface area contributed by atoms with Gasteiger partial charge in [-0.05, 0) is 127 Å². The molecular weight excluding hydrogens is 1500 g/mol. The molecular formula is C78H59F3N18O4S6. The van der Waals surface area contributed by atoms with Gasteiger partial charge in [0.2, 0.25) is 11.9 Å². The summed E-state index contributed by atoms with van der Waals surface area (Å²) in [6, 6.07) is 49.6. The predicted molar refractivity (Wildman–Crippen MR) is 431 cm³/mol. The van der Waals surface area contributed by atoms with Gasteiger partial charge in [-0.1, -0.05) is 6.07 Å². The van der Waals surface area contributed by atoms with E-state index >= 15 is 0 Å². The highest BCUT2D eigenvalue weighted by atomic mass is 32.1. The highest BCUT2D eigenvalue weighted by molar-refractivity contribution is 7.23. The van der Waals surface area contributed by atoms with Crippen LogP contribution in [0.25, 0.3) is 125 Å². The number of aromatic hydroxyl groups is 2. The number of fused-ring (bicyclic) bond motifs is 6. The Bertz CT molecular complexity index is 5920. The summed E-state index contributed by atoms with van der Waals surface area (Å²) in [5.74, 6) is 2.40. The predicted octanol–water partition coefficient (Wildman–Crippen LogP) is 18.3.